The number of hydrogen-bond donors (Lipinski definition) is 1. The Labute approximate surface area is 138 Å². The third-order valence-electron chi connectivity index (χ3n) is 4.02. The molecule has 1 aliphatic carbocycles. The molecule has 0 aliphatic heterocycles. The molecular weight excluding hydrogens is 341 g/mol. The van der Waals surface area contributed by atoms with E-state index in [1.807, 2.05) is 0 Å². The largest absolute Gasteiger partial charge is 0.427 e. The molecule has 0 saturated heterocycles. The van der Waals surface area contributed by atoms with Crippen molar-refractivity contribution in [2.24, 2.45) is 5.92 Å². The van der Waals surface area contributed by atoms with Gasteiger partial charge in [0.1, 0.15) is 10.7 Å². The van der Waals surface area contributed by atoms with Crippen LogP contribution in [0.4, 0.5) is 19.0 Å². The normalized spacial score (nSPS) is 20.5. The lowest BCUT2D eigenvalue weighted by atomic mass is 10.3. The quantitative estimate of drug-likeness (QED) is 0.778. The summed E-state index contributed by atoms with van der Waals surface area (Å²) in [5, 5.41) is 15.7. The first kappa shape index (κ1) is 15.3. The van der Waals surface area contributed by atoms with Crippen LogP contribution in [-0.2, 0) is 12.7 Å². The standard InChI is InChI=1S/C14H13F3N6S/c1-7-4-9(7)13-20-19-12-3-2-11(21-23(12)13)18-6-8-5-10(24-22-8)14(15,16)17/h2-3,5,7,9H,4,6H2,1H3,(H,18,21). The van der Waals surface area contributed by atoms with E-state index in [0.717, 1.165) is 18.3 Å². The van der Waals surface area contributed by atoms with E-state index in [0.29, 0.717) is 40.5 Å². The zero-order chi connectivity index (χ0) is 16.9. The van der Waals surface area contributed by atoms with Crippen molar-refractivity contribution in [1.29, 1.82) is 0 Å². The van der Waals surface area contributed by atoms with Crippen LogP contribution in [0, 0.1) is 5.92 Å². The van der Waals surface area contributed by atoms with Gasteiger partial charge in [-0.3, -0.25) is 0 Å². The highest BCUT2D eigenvalue weighted by Crippen LogP contribution is 2.45. The highest BCUT2D eigenvalue weighted by atomic mass is 32.1. The molecule has 2 unspecified atom stereocenters. The number of alkyl halides is 3. The highest BCUT2D eigenvalue weighted by molar-refractivity contribution is 7.05. The first-order chi connectivity index (χ1) is 11.4. The summed E-state index contributed by atoms with van der Waals surface area (Å²) in [5.74, 6) is 2.31. The molecule has 0 bridgehead atoms. The van der Waals surface area contributed by atoms with Crippen molar-refractivity contribution < 1.29 is 13.2 Å². The van der Waals surface area contributed by atoms with Crippen molar-refractivity contribution in [2.45, 2.75) is 32.0 Å². The van der Waals surface area contributed by atoms with E-state index >= 15 is 0 Å². The van der Waals surface area contributed by atoms with E-state index in [2.05, 4.69) is 31.9 Å². The molecule has 1 saturated carbocycles. The molecule has 3 heterocycles. The highest BCUT2D eigenvalue weighted by Gasteiger charge is 2.38. The van der Waals surface area contributed by atoms with Gasteiger partial charge in [0, 0.05) is 5.92 Å². The second-order valence-electron chi connectivity index (χ2n) is 5.90. The molecule has 4 rings (SSSR count). The first-order valence-corrected chi connectivity index (χ1v) is 8.18. The van der Waals surface area contributed by atoms with Gasteiger partial charge in [-0.2, -0.15) is 22.1 Å². The third-order valence-corrected chi connectivity index (χ3v) is 4.89. The number of aromatic nitrogens is 5. The van der Waals surface area contributed by atoms with Crippen LogP contribution in [0.5, 0.6) is 0 Å². The Balaban J connectivity index is 1.51. The maximum Gasteiger partial charge on any atom is 0.427 e. The minimum atomic E-state index is -4.36. The summed E-state index contributed by atoms with van der Waals surface area (Å²) >= 11 is 0.450. The lowest BCUT2D eigenvalue weighted by Crippen LogP contribution is -2.06. The van der Waals surface area contributed by atoms with E-state index in [1.54, 1.807) is 16.6 Å². The molecule has 0 spiro atoms. The molecule has 0 aromatic carbocycles. The van der Waals surface area contributed by atoms with E-state index in [9.17, 15) is 13.2 Å². The Hall–Kier alpha value is -2.23. The molecule has 0 amide bonds. The lowest BCUT2D eigenvalue weighted by Gasteiger charge is -2.04. The topological polar surface area (TPSA) is 68.0 Å². The van der Waals surface area contributed by atoms with Crippen LogP contribution < -0.4 is 5.32 Å². The minimum absolute atomic E-state index is 0.169. The number of anilines is 1. The zero-order valence-corrected chi connectivity index (χ0v) is 13.4. The molecule has 1 fully saturated rings. The number of hydrogen-bond acceptors (Lipinski definition) is 6. The van der Waals surface area contributed by atoms with Gasteiger partial charge in [-0.1, -0.05) is 6.92 Å². The van der Waals surface area contributed by atoms with E-state index in [4.69, 9.17) is 0 Å². The Kier molecular flexibility index (Phi) is 3.44. The van der Waals surface area contributed by atoms with Crippen LogP contribution >= 0.6 is 11.5 Å². The van der Waals surface area contributed by atoms with Gasteiger partial charge in [-0.25, -0.2) is 0 Å². The average molecular weight is 354 g/mol. The predicted octanol–water partition coefficient (Wildman–Crippen LogP) is 3.34. The van der Waals surface area contributed by atoms with Gasteiger partial charge in [-0.15, -0.1) is 15.3 Å². The van der Waals surface area contributed by atoms with Gasteiger partial charge in [0.15, 0.2) is 11.5 Å². The molecule has 3 aromatic heterocycles. The molecule has 3 aromatic rings. The van der Waals surface area contributed by atoms with Crippen molar-refractivity contribution in [3.05, 3.63) is 34.6 Å². The molecule has 2 atom stereocenters. The molecule has 10 heteroatoms. The summed E-state index contributed by atoms with van der Waals surface area (Å²) in [6.07, 6.45) is -3.29. The van der Waals surface area contributed by atoms with E-state index < -0.39 is 11.1 Å². The fourth-order valence-electron chi connectivity index (χ4n) is 2.52. The predicted molar refractivity (Wildman–Crippen MR) is 81.7 cm³/mol. The fourth-order valence-corrected chi connectivity index (χ4v) is 3.15. The average Bonchev–Trinajstić information content (AvgIpc) is 2.96. The van der Waals surface area contributed by atoms with Gasteiger partial charge < -0.3 is 5.32 Å². The van der Waals surface area contributed by atoms with Gasteiger partial charge in [0.25, 0.3) is 0 Å². The molecular formula is C14H13F3N6S. The van der Waals surface area contributed by atoms with Crippen molar-refractivity contribution in [2.75, 3.05) is 5.32 Å². The van der Waals surface area contributed by atoms with Crippen LogP contribution in [0.15, 0.2) is 18.2 Å². The van der Waals surface area contributed by atoms with Gasteiger partial charge in [0.05, 0.1) is 12.2 Å². The van der Waals surface area contributed by atoms with Gasteiger partial charge in [0.2, 0.25) is 0 Å². The number of fused-ring (bicyclic) bond motifs is 1. The molecule has 1 N–H and O–H groups in total. The lowest BCUT2D eigenvalue weighted by molar-refractivity contribution is -0.134. The number of nitrogens with one attached hydrogen (secondary N) is 1. The van der Waals surface area contributed by atoms with Crippen LogP contribution in [-0.4, -0.2) is 24.2 Å². The molecule has 1 aliphatic rings. The summed E-state index contributed by atoms with van der Waals surface area (Å²) in [5.41, 5.74) is 0.983. The number of rotatable bonds is 4. The first-order valence-electron chi connectivity index (χ1n) is 7.41. The Morgan fingerprint density at radius 3 is 2.79 bits per heavy atom. The fraction of sp³-hybridized carbons (Fsp3) is 0.429. The summed E-state index contributed by atoms with van der Waals surface area (Å²) in [7, 11) is 0. The number of halogens is 3. The molecule has 24 heavy (non-hydrogen) atoms. The Bertz CT molecular complexity index is 886. The maximum atomic E-state index is 12.6. The maximum absolute atomic E-state index is 12.6. The number of nitrogens with zero attached hydrogens (tertiary/aromatic N) is 5. The van der Waals surface area contributed by atoms with E-state index in [-0.39, 0.29) is 6.54 Å². The van der Waals surface area contributed by atoms with E-state index in [1.165, 1.54) is 0 Å². The third kappa shape index (κ3) is 2.81. The second-order valence-corrected chi connectivity index (χ2v) is 6.71. The Morgan fingerprint density at radius 1 is 1.33 bits per heavy atom. The zero-order valence-electron chi connectivity index (χ0n) is 12.6. The molecule has 0 radical (unpaired) electrons. The van der Waals surface area contributed by atoms with Crippen LogP contribution in [0.25, 0.3) is 5.65 Å². The van der Waals surface area contributed by atoms with Gasteiger partial charge >= 0.3 is 6.18 Å². The SMILES string of the molecule is CC1CC1c1nnc2ccc(NCc3cc(C(F)(F)F)sn3)nn12. The van der Waals surface area contributed by atoms with Crippen LogP contribution in [0.2, 0.25) is 0 Å². The van der Waals surface area contributed by atoms with Crippen molar-refractivity contribution in [3.8, 4) is 0 Å². The van der Waals surface area contributed by atoms with Crippen molar-refractivity contribution in [1.82, 2.24) is 24.2 Å². The Morgan fingerprint density at radius 2 is 2.12 bits per heavy atom. The summed E-state index contributed by atoms with van der Waals surface area (Å²) in [6, 6.07) is 4.55. The van der Waals surface area contributed by atoms with Crippen LogP contribution in [0.3, 0.4) is 0 Å². The second kappa shape index (κ2) is 5.40. The smallest absolute Gasteiger partial charge is 0.363 e. The summed E-state index contributed by atoms with van der Waals surface area (Å²) in [6.45, 7) is 2.32. The molecule has 126 valence electrons. The van der Waals surface area contributed by atoms with Gasteiger partial charge in [-0.05, 0) is 42.1 Å². The summed E-state index contributed by atoms with van der Waals surface area (Å²) < 4.78 is 43.3. The van der Waals surface area contributed by atoms with Crippen molar-refractivity contribution >= 4 is 23.0 Å². The van der Waals surface area contributed by atoms with Crippen LogP contribution in [0.1, 0.15) is 35.7 Å². The summed E-state index contributed by atoms with van der Waals surface area (Å²) in [4.78, 5) is -0.702. The molecule has 6 nitrogen and oxygen atoms in total. The minimum Gasteiger partial charge on any atom is -0.363 e. The van der Waals surface area contributed by atoms with Crippen molar-refractivity contribution in [3.63, 3.8) is 0 Å². The monoisotopic (exact) mass is 354 g/mol.